The Morgan fingerprint density at radius 1 is 1.15 bits per heavy atom. The van der Waals surface area contributed by atoms with Crippen LogP contribution in [0.1, 0.15) is 51.0 Å². The summed E-state index contributed by atoms with van der Waals surface area (Å²) < 4.78 is 1.91. The fourth-order valence-corrected chi connectivity index (χ4v) is 3.77. The molecule has 0 spiro atoms. The lowest BCUT2D eigenvalue weighted by molar-refractivity contribution is 0.0650. The Morgan fingerprint density at radius 2 is 1.93 bits per heavy atom. The minimum atomic E-state index is -0.221. The van der Waals surface area contributed by atoms with Crippen molar-refractivity contribution in [3.05, 3.63) is 47.9 Å². The first-order valence-electron chi connectivity index (χ1n) is 9.49. The second-order valence-electron chi connectivity index (χ2n) is 8.24. The summed E-state index contributed by atoms with van der Waals surface area (Å²) in [6.45, 7) is 7.94. The summed E-state index contributed by atoms with van der Waals surface area (Å²) in [5, 5.41) is 23.7. The molecule has 0 saturated carbocycles. The maximum atomic E-state index is 9.95. The number of aromatic nitrogens is 5. The quantitative estimate of drug-likeness (QED) is 0.767. The Hall–Kier alpha value is -2.38. The van der Waals surface area contributed by atoms with Crippen molar-refractivity contribution in [1.29, 1.82) is 0 Å². The average Bonchev–Trinajstić information content (AvgIpc) is 3.13. The van der Waals surface area contributed by atoms with Gasteiger partial charge in [0.05, 0.1) is 23.2 Å². The maximum absolute atomic E-state index is 9.95. The molecule has 3 aromatic rings. The normalized spacial score (nSPS) is 18.1. The number of tetrazole rings is 1. The molecule has 1 N–H and O–H groups in total. The van der Waals surface area contributed by atoms with E-state index in [0.717, 1.165) is 48.2 Å². The van der Waals surface area contributed by atoms with Crippen LogP contribution in [-0.2, 0) is 5.54 Å². The van der Waals surface area contributed by atoms with Crippen LogP contribution in [0.15, 0.2) is 36.5 Å². The highest BCUT2D eigenvalue weighted by molar-refractivity contribution is 5.79. The van der Waals surface area contributed by atoms with E-state index in [2.05, 4.69) is 70.4 Å². The zero-order valence-electron chi connectivity index (χ0n) is 16.1. The first-order valence-corrected chi connectivity index (χ1v) is 9.49. The van der Waals surface area contributed by atoms with E-state index >= 15 is 0 Å². The number of benzene rings is 1. The highest BCUT2D eigenvalue weighted by Crippen LogP contribution is 2.33. The van der Waals surface area contributed by atoms with Crippen molar-refractivity contribution >= 4 is 10.9 Å². The third-order valence-corrected chi connectivity index (χ3v) is 5.18. The monoisotopic (exact) mass is 366 g/mol. The minimum absolute atomic E-state index is 0.0590. The van der Waals surface area contributed by atoms with Gasteiger partial charge in [0.15, 0.2) is 5.82 Å². The number of aliphatic hydroxyl groups excluding tert-OH is 1. The molecule has 1 aliphatic heterocycles. The molecule has 27 heavy (non-hydrogen) atoms. The third kappa shape index (κ3) is 3.57. The molecule has 1 aromatic carbocycles. The van der Waals surface area contributed by atoms with Crippen LogP contribution < -0.4 is 0 Å². The Balaban J connectivity index is 1.82. The van der Waals surface area contributed by atoms with Crippen molar-refractivity contribution in [3.8, 4) is 0 Å². The van der Waals surface area contributed by atoms with E-state index in [-0.39, 0.29) is 17.7 Å². The summed E-state index contributed by atoms with van der Waals surface area (Å²) in [6, 6.07) is 10.3. The second kappa shape index (κ2) is 6.98. The lowest BCUT2D eigenvalue weighted by atomic mass is 9.97. The predicted octanol–water partition coefficient (Wildman–Crippen LogP) is 2.52. The molecule has 7 nitrogen and oxygen atoms in total. The van der Waals surface area contributed by atoms with Crippen LogP contribution in [0.25, 0.3) is 10.9 Å². The van der Waals surface area contributed by atoms with E-state index in [1.807, 2.05) is 16.9 Å². The van der Waals surface area contributed by atoms with Gasteiger partial charge in [-0.25, -0.2) is 4.68 Å². The van der Waals surface area contributed by atoms with Gasteiger partial charge in [-0.2, -0.15) is 0 Å². The van der Waals surface area contributed by atoms with Crippen molar-refractivity contribution in [1.82, 2.24) is 30.1 Å². The molecule has 7 heteroatoms. The largest absolute Gasteiger partial charge is 0.393 e. The van der Waals surface area contributed by atoms with Gasteiger partial charge in [-0.15, -0.1) is 5.10 Å². The molecule has 3 heterocycles. The molecule has 0 radical (unpaired) electrons. The molecule has 142 valence electrons. The lowest BCUT2D eigenvalue weighted by Crippen LogP contribution is -2.41. The molecule has 1 aliphatic rings. The molecular formula is C20H26N6O. The van der Waals surface area contributed by atoms with E-state index in [0.29, 0.717) is 0 Å². The third-order valence-electron chi connectivity index (χ3n) is 5.18. The Bertz CT molecular complexity index is 923. The van der Waals surface area contributed by atoms with E-state index in [1.54, 1.807) is 0 Å². The van der Waals surface area contributed by atoms with Gasteiger partial charge in [0.2, 0.25) is 0 Å². The first kappa shape index (κ1) is 18.0. The minimum Gasteiger partial charge on any atom is -0.393 e. The van der Waals surface area contributed by atoms with Gasteiger partial charge in [-0.3, -0.25) is 9.88 Å². The van der Waals surface area contributed by atoms with Gasteiger partial charge >= 0.3 is 0 Å². The van der Waals surface area contributed by atoms with Gasteiger partial charge in [0.1, 0.15) is 0 Å². The molecule has 0 amide bonds. The second-order valence-corrected chi connectivity index (χ2v) is 8.24. The zero-order valence-corrected chi connectivity index (χ0v) is 16.1. The fraction of sp³-hybridized carbons (Fsp3) is 0.500. The van der Waals surface area contributed by atoms with Crippen LogP contribution in [0, 0.1) is 0 Å². The summed E-state index contributed by atoms with van der Waals surface area (Å²) in [6.07, 6.45) is 3.12. The van der Waals surface area contributed by atoms with Crippen LogP contribution in [-0.4, -0.2) is 54.4 Å². The summed E-state index contributed by atoms with van der Waals surface area (Å²) in [5.41, 5.74) is 1.90. The SMILES string of the molecule is CC(C)(C)n1nnnc1C(c1ccc2ncccc2c1)N1CCC(O)CC1. The van der Waals surface area contributed by atoms with Crippen LogP contribution in [0.5, 0.6) is 0 Å². The van der Waals surface area contributed by atoms with Crippen LogP contribution in [0.4, 0.5) is 0 Å². The Labute approximate surface area is 159 Å². The van der Waals surface area contributed by atoms with Gasteiger partial charge in [0.25, 0.3) is 0 Å². The molecule has 0 bridgehead atoms. The maximum Gasteiger partial charge on any atom is 0.173 e. The van der Waals surface area contributed by atoms with Crippen molar-refractivity contribution in [2.24, 2.45) is 0 Å². The number of nitrogens with zero attached hydrogens (tertiary/aromatic N) is 6. The number of piperidine rings is 1. The zero-order chi connectivity index (χ0) is 19.0. The van der Waals surface area contributed by atoms with Crippen LogP contribution in [0.2, 0.25) is 0 Å². The average molecular weight is 366 g/mol. The molecular weight excluding hydrogens is 340 g/mol. The standard InChI is InChI=1S/C20H26N6O/c1-20(2,3)26-19(22-23-24-26)18(25-11-8-16(27)9-12-25)15-6-7-17-14(13-15)5-4-10-21-17/h4-7,10,13,16,18,27H,8-9,11-12H2,1-3H3. The number of likely N-dealkylation sites (tertiary alicyclic amines) is 1. The van der Waals surface area contributed by atoms with Crippen LogP contribution >= 0.6 is 0 Å². The molecule has 0 aliphatic carbocycles. The highest BCUT2D eigenvalue weighted by Gasteiger charge is 2.33. The van der Waals surface area contributed by atoms with E-state index in [1.165, 1.54) is 0 Å². The Morgan fingerprint density at radius 3 is 2.67 bits per heavy atom. The van der Waals surface area contributed by atoms with Gasteiger partial charge in [-0.05, 0) is 67.8 Å². The Kier molecular flexibility index (Phi) is 4.65. The molecule has 2 aromatic heterocycles. The van der Waals surface area contributed by atoms with Crippen molar-refractivity contribution in [3.63, 3.8) is 0 Å². The predicted molar refractivity (Wildman–Crippen MR) is 103 cm³/mol. The number of fused-ring (bicyclic) bond motifs is 1. The number of pyridine rings is 1. The van der Waals surface area contributed by atoms with Crippen LogP contribution in [0.3, 0.4) is 0 Å². The number of rotatable bonds is 3. The van der Waals surface area contributed by atoms with E-state index in [9.17, 15) is 5.11 Å². The lowest BCUT2D eigenvalue weighted by Gasteiger charge is -2.36. The van der Waals surface area contributed by atoms with Gasteiger partial charge < -0.3 is 5.11 Å². The van der Waals surface area contributed by atoms with E-state index in [4.69, 9.17) is 0 Å². The summed E-state index contributed by atoms with van der Waals surface area (Å²) in [4.78, 5) is 6.80. The summed E-state index contributed by atoms with van der Waals surface area (Å²) in [7, 11) is 0. The smallest absolute Gasteiger partial charge is 0.173 e. The van der Waals surface area contributed by atoms with Crippen molar-refractivity contribution in [2.45, 2.75) is 51.3 Å². The number of aliphatic hydroxyl groups is 1. The first-order chi connectivity index (χ1) is 12.9. The molecule has 4 rings (SSSR count). The number of hydrogen-bond donors (Lipinski definition) is 1. The number of hydrogen-bond acceptors (Lipinski definition) is 6. The van der Waals surface area contributed by atoms with Crippen molar-refractivity contribution < 1.29 is 5.11 Å². The van der Waals surface area contributed by atoms with Crippen molar-refractivity contribution in [2.75, 3.05) is 13.1 Å². The topological polar surface area (TPSA) is 80.0 Å². The van der Waals surface area contributed by atoms with Gasteiger partial charge in [0, 0.05) is 24.7 Å². The molecule has 1 unspecified atom stereocenters. The summed E-state index contributed by atoms with van der Waals surface area (Å²) in [5.74, 6) is 0.835. The molecule has 1 fully saturated rings. The molecule has 1 atom stereocenters. The highest BCUT2D eigenvalue weighted by atomic mass is 16.3. The molecule has 1 saturated heterocycles. The summed E-state index contributed by atoms with van der Waals surface area (Å²) >= 11 is 0. The van der Waals surface area contributed by atoms with Gasteiger partial charge in [-0.1, -0.05) is 12.1 Å². The fourth-order valence-electron chi connectivity index (χ4n) is 3.77. The van der Waals surface area contributed by atoms with E-state index < -0.39 is 0 Å².